The summed E-state index contributed by atoms with van der Waals surface area (Å²) in [5.41, 5.74) is 3.02. The Labute approximate surface area is 257 Å². The molecule has 0 fully saturated rings. The van der Waals surface area contributed by atoms with Crippen LogP contribution in [0.15, 0.2) is 125 Å². The van der Waals surface area contributed by atoms with E-state index >= 15 is 0 Å². The average Bonchev–Trinajstić information content (AvgIpc) is 3.38. The van der Waals surface area contributed by atoms with Gasteiger partial charge in [-0.05, 0) is 63.9 Å². The van der Waals surface area contributed by atoms with E-state index in [2.05, 4.69) is 30.3 Å². The maximum absolute atomic E-state index is 14.5. The molecule has 0 radical (unpaired) electrons. The molecule has 7 rings (SSSR count). The number of esters is 1. The van der Waals surface area contributed by atoms with Gasteiger partial charge in [0.1, 0.15) is 5.75 Å². The van der Waals surface area contributed by atoms with Crippen LogP contribution in [-0.2, 0) is 9.53 Å². The topological polar surface area (TPSA) is 69.9 Å². The van der Waals surface area contributed by atoms with Crippen molar-refractivity contribution in [2.24, 2.45) is 4.99 Å². The molecule has 2 heterocycles. The number of carbonyl (C=O) groups excluding carboxylic acids is 1. The van der Waals surface area contributed by atoms with E-state index in [1.165, 1.54) is 11.3 Å². The first-order valence-corrected chi connectivity index (χ1v) is 15.2. The zero-order chi connectivity index (χ0) is 30.2. The minimum atomic E-state index is -0.776. The van der Waals surface area contributed by atoms with Crippen LogP contribution in [0.4, 0.5) is 0 Å². The maximum Gasteiger partial charge on any atom is 0.338 e. The van der Waals surface area contributed by atoms with E-state index in [4.69, 9.17) is 14.5 Å². The minimum absolute atomic E-state index is 0.188. The Kier molecular flexibility index (Phi) is 7.16. The van der Waals surface area contributed by atoms with Crippen LogP contribution >= 0.6 is 11.3 Å². The van der Waals surface area contributed by atoms with E-state index in [9.17, 15) is 9.59 Å². The molecule has 1 aliphatic rings. The van der Waals surface area contributed by atoms with Crippen LogP contribution in [0.25, 0.3) is 33.3 Å². The summed E-state index contributed by atoms with van der Waals surface area (Å²) in [6.45, 7) is 1.96. The number of aromatic nitrogens is 1. The van der Waals surface area contributed by atoms with E-state index < -0.39 is 12.0 Å². The Hall–Kier alpha value is -5.27. The number of thiazole rings is 1. The van der Waals surface area contributed by atoms with Crippen LogP contribution in [0, 0.1) is 0 Å². The molecular weight excluding hydrogens is 568 g/mol. The molecule has 0 unspecified atom stereocenters. The third-order valence-corrected chi connectivity index (χ3v) is 8.85. The van der Waals surface area contributed by atoms with Gasteiger partial charge in [-0.3, -0.25) is 9.36 Å². The quantitative estimate of drug-likeness (QED) is 0.168. The van der Waals surface area contributed by atoms with Gasteiger partial charge in [0.15, 0.2) is 4.80 Å². The summed E-state index contributed by atoms with van der Waals surface area (Å²) in [5.74, 6) is 0.102. The third-order valence-electron chi connectivity index (χ3n) is 7.87. The van der Waals surface area contributed by atoms with Gasteiger partial charge in [0, 0.05) is 5.56 Å². The highest BCUT2D eigenvalue weighted by Gasteiger charge is 2.35. The average molecular weight is 597 g/mol. The summed E-state index contributed by atoms with van der Waals surface area (Å²) in [5, 5.41) is 4.29. The Morgan fingerprint density at radius 3 is 2.25 bits per heavy atom. The Balaban J connectivity index is 1.56. The number of nitrogens with zero attached hydrogens (tertiary/aromatic N) is 2. The van der Waals surface area contributed by atoms with E-state index in [0.29, 0.717) is 26.4 Å². The fraction of sp³-hybridized carbons (Fsp3) is 0.108. The van der Waals surface area contributed by atoms with Crippen LogP contribution in [0.5, 0.6) is 5.75 Å². The summed E-state index contributed by atoms with van der Waals surface area (Å²) >= 11 is 1.32. The SMILES string of the molecule is CCOC(=O)C1=C(c2ccccc2)N=c2s/c(=C\c3c4ccccc4cc4ccccc34)c(=O)n2[C@@H]1c1cccc(OC)c1. The number of carbonyl (C=O) groups is 1. The lowest BCUT2D eigenvalue weighted by Gasteiger charge is -2.26. The van der Waals surface area contributed by atoms with Gasteiger partial charge in [-0.25, -0.2) is 9.79 Å². The standard InChI is InChI=1S/C37H28N2O4S/c1-3-43-36(41)32-33(23-12-5-4-6-13-23)38-37-39(34(32)26-16-11-17-27(21-26)42-2)35(40)31(44-37)22-30-28-18-9-7-14-24(28)20-25-15-8-10-19-29(25)30/h4-22,34H,3H2,1-2H3/b31-22-/t34-/m1/s1. The number of rotatable bonds is 6. The molecule has 0 N–H and O–H groups in total. The summed E-state index contributed by atoms with van der Waals surface area (Å²) in [6.07, 6.45) is 1.97. The molecule has 0 saturated carbocycles. The first-order valence-electron chi connectivity index (χ1n) is 14.4. The van der Waals surface area contributed by atoms with E-state index in [0.717, 1.165) is 38.2 Å². The molecule has 6 aromatic rings. The van der Waals surface area contributed by atoms with Crippen molar-refractivity contribution in [3.05, 3.63) is 151 Å². The fourth-order valence-corrected chi connectivity index (χ4v) is 6.89. The van der Waals surface area contributed by atoms with Crippen molar-refractivity contribution in [1.82, 2.24) is 4.57 Å². The molecule has 216 valence electrons. The van der Waals surface area contributed by atoms with Gasteiger partial charge >= 0.3 is 5.97 Å². The van der Waals surface area contributed by atoms with Crippen molar-refractivity contribution in [3.8, 4) is 5.75 Å². The summed E-state index contributed by atoms with van der Waals surface area (Å²) in [4.78, 5) is 33.7. The van der Waals surface area contributed by atoms with Gasteiger partial charge in [0.2, 0.25) is 0 Å². The number of benzene rings is 5. The van der Waals surface area contributed by atoms with Gasteiger partial charge in [-0.1, -0.05) is 102 Å². The molecule has 7 heteroatoms. The molecule has 0 amide bonds. The van der Waals surface area contributed by atoms with Crippen LogP contribution in [0.1, 0.15) is 29.7 Å². The van der Waals surface area contributed by atoms with Gasteiger partial charge in [-0.2, -0.15) is 0 Å². The second-order valence-electron chi connectivity index (χ2n) is 10.4. The van der Waals surface area contributed by atoms with Crippen molar-refractivity contribution in [3.63, 3.8) is 0 Å². The van der Waals surface area contributed by atoms with E-state index in [1.54, 1.807) is 18.6 Å². The predicted molar refractivity (Wildman–Crippen MR) is 176 cm³/mol. The molecule has 0 spiro atoms. The highest BCUT2D eigenvalue weighted by Crippen LogP contribution is 2.36. The Morgan fingerprint density at radius 2 is 1.57 bits per heavy atom. The lowest BCUT2D eigenvalue weighted by atomic mass is 9.93. The van der Waals surface area contributed by atoms with Crippen LogP contribution in [0.3, 0.4) is 0 Å². The first-order chi connectivity index (χ1) is 21.6. The van der Waals surface area contributed by atoms with E-state index in [-0.39, 0.29) is 12.2 Å². The molecule has 1 aromatic heterocycles. The normalized spacial score (nSPS) is 14.9. The second-order valence-corrected chi connectivity index (χ2v) is 11.4. The van der Waals surface area contributed by atoms with Crippen molar-refractivity contribution in [2.75, 3.05) is 13.7 Å². The molecule has 0 aliphatic carbocycles. The molecule has 6 nitrogen and oxygen atoms in total. The van der Waals surface area contributed by atoms with Crippen molar-refractivity contribution < 1.29 is 14.3 Å². The number of fused-ring (bicyclic) bond motifs is 3. The van der Waals surface area contributed by atoms with Gasteiger partial charge < -0.3 is 9.47 Å². The summed E-state index contributed by atoms with van der Waals surface area (Å²) in [7, 11) is 1.59. The third kappa shape index (κ3) is 4.71. The van der Waals surface area contributed by atoms with Crippen LogP contribution in [-0.4, -0.2) is 24.3 Å². The largest absolute Gasteiger partial charge is 0.497 e. The van der Waals surface area contributed by atoms with Gasteiger partial charge in [0.05, 0.1) is 35.6 Å². The van der Waals surface area contributed by atoms with Gasteiger partial charge in [0.25, 0.3) is 5.56 Å². The number of hydrogen-bond donors (Lipinski definition) is 0. The molecule has 0 saturated heterocycles. The lowest BCUT2D eigenvalue weighted by molar-refractivity contribution is -0.138. The lowest BCUT2D eigenvalue weighted by Crippen LogP contribution is -2.40. The van der Waals surface area contributed by atoms with Crippen LogP contribution < -0.4 is 19.6 Å². The number of hydrogen-bond acceptors (Lipinski definition) is 6. The molecular formula is C37H28N2O4S. The summed E-state index contributed by atoms with van der Waals surface area (Å²) < 4.78 is 13.3. The van der Waals surface area contributed by atoms with Gasteiger partial charge in [-0.15, -0.1) is 0 Å². The predicted octanol–water partition coefficient (Wildman–Crippen LogP) is 6.25. The first kappa shape index (κ1) is 27.6. The number of ether oxygens (including phenoxy) is 2. The maximum atomic E-state index is 14.5. The van der Waals surface area contributed by atoms with E-state index in [1.807, 2.05) is 84.9 Å². The molecule has 1 atom stereocenters. The summed E-state index contributed by atoms with van der Waals surface area (Å²) in [6, 6.07) is 34.8. The molecule has 0 bridgehead atoms. The van der Waals surface area contributed by atoms with Crippen molar-refractivity contribution in [1.29, 1.82) is 0 Å². The Bertz CT molecular complexity index is 2230. The van der Waals surface area contributed by atoms with Crippen molar-refractivity contribution >= 4 is 50.6 Å². The Morgan fingerprint density at radius 1 is 0.886 bits per heavy atom. The highest BCUT2D eigenvalue weighted by molar-refractivity contribution is 7.07. The smallest absolute Gasteiger partial charge is 0.338 e. The molecule has 5 aromatic carbocycles. The molecule has 1 aliphatic heterocycles. The zero-order valence-corrected chi connectivity index (χ0v) is 25.0. The second kappa shape index (κ2) is 11.4. The minimum Gasteiger partial charge on any atom is -0.497 e. The monoisotopic (exact) mass is 596 g/mol. The number of methoxy groups -OCH3 is 1. The van der Waals surface area contributed by atoms with Crippen molar-refractivity contribution in [2.45, 2.75) is 13.0 Å². The fourth-order valence-electron chi connectivity index (χ4n) is 5.90. The highest BCUT2D eigenvalue weighted by atomic mass is 32.1. The molecule has 44 heavy (non-hydrogen) atoms. The zero-order valence-electron chi connectivity index (χ0n) is 24.2. The van der Waals surface area contributed by atoms with Crippen LogP contribution in [0.2, 0.25) is 0 Å².